The molecule has 1 N–H and O–H groups in total. The molecule has 0 radical (unpaired) electrons. The lowest BCUT2D eigenvalue weighted by Crippen LogP contribution is -2.14. The molecule has 4 rings (SSSR count). The molecule has 1 amide bonds. The van der Waals surface area contributed by atoms with E-state index >= 15 is 0 Å². The minimum absolute atomic E-state index is 0.0503. The highest BCUT2D eigenvalue weighted by Crippen LogP contribution is 2.20. The maximum absolute atomic E-state index is 12.3. The van der Waals surface area contributed by atoms with Crippen molar-refractivity contribution >= 4 is 34.8 Å². The van der Waals surface area contributed by atoms with E-state index in [-0.39, 0.29) is 17.4 Å². The summed E-state index contributed by atoms with van der Waals surface area (Å²) in [4.78, 5) is 28.0. The zero-order valence-electron chi connectivity index (χ0n) is 15.4. The van der Waals surface area contributed by atoms with E-state index in [0.717, 1.165) is 0 Å². The number of aromatic nitrogens is 5. The van der Waals surface area contributed by atoms with Crippen LogP contribution in [0.5, 0.6) is 0 Å². The first-order valence-electron chi connectivity index (χ1n) is 8.78. The monoisotopic (exact) mass is 404 g/mol. The molecule has 0 saturated heterocycles. The number of rotatable bonds is 6. The van der Waals surface area contributed by atoms with Gasteiger partial charge in [-0.3, -0.25) is 14.6 Å². The van der Waals surface area contributed by atoms with Crippen LogP contribution in [0, 0.1) is 0 Å². The number of thioether (sulfide) groups is 1. The molecule has 9 heteroatoms. The molecule has 0 atom stereocenters. The minimum atomic E-state index is -0.189. The molecule has 0 aliphatic rings. The van der Waals surface area contributed by atoms with Crippen molar-refractivity contribution in [1.82, 2.24) is 24.8 Å². The van der Waals surface area contributed by atoms with Gasteiger partial charge in [0, 0.05) is 17.4 Å². The number of amides is 1. The highest BCUT2D eigenvalue weighted by Gasteiger charge is 2.12. The van der Waals surface area contributed by atoms with Gasteiger partial charge in [0.2, 0.25) is 11.7 Å². The van der Waals surface area contributed by atoms with Gasteiger partial charge in [0.1, 0.15) is 10.7 Å². The molecular weight excluding hydrogens is 388 g/mol. The third-order valence-electron chi connectivity index (χ3n) is 4.04. The van der Waals surface area contributed by atoms with Crippen LogP contribution >= 0.6 is 11.8 Å². The lowest BCUT2D eigenvalue weighted by molar-refractivity contribution is -0.113. The second kappa shape index (κ2) is 8.19. The Morgan fingerprint density at radius 2 is 1.97 bits per heavy atom. The Kier molecular flexibility index (Phi) is 5.30. The quantitative estimate of drug-likeness (QED) is 0.389. The predicted octanol–water partition coefficient (Wildman–Crippen LogP) is 3.12. The summed E-state index contributed by atoms with van der Waals surface area (Å²) in [6, 6.07) is 16.0. The van der Waals surface area contributed by atoms with Gasteiger partial charge < -0.3 is 5.32 Å². The summed E-state index contributed by atoms with van der Waals surface area (Å²) >= 11 is 1.29. The number of pyridine rings is 1. The third-order valence-corrected chi connectivity index (χ3v) is 4.96. The second-order valence-electron chi connectivity index (χ2n) is 6.15. The number of carbonyl (C=O) groups is 2. The van der Waals surface area contributed by atoms with Crippen LogP contribution in [-0.2, 0) is 4.79 Å². The number of nitrogens with one attached hydrogen (secondary N) is 1. The SMILES string of the molecule is CC(=O)c1cccc(NC(=O)CSc2ccc3nnc(-c4ccccn4)n3n2)c1. The number of ketones is 1. The maximum Gasteiger partial charge on any atom is 0.234 e. The Labute approximate surface area is 170 Å². The first-order chi connectivity index (χ1) is 14.1. The number of hydrogen-bond acceptors (Lipinski definition) is 7. The smallest absolute Gasteiger partial charge is 0.234 e. The summed E-state index contributed by atoms with van der Waals surface area (Å²) in [5, 5.41) is 16.2. The van der Waals surface area contributed by atoms with Crippen molar-refractivity contribution in [1.29, 1.82) is 0 Å². The van der Waals surface area contributed by atoms with Crippen LogP contribution in [0.2, 0.25) is 0 Å². The van der Waals surface area contributed by atoms with E-state index in [0.29, 0.717) is 33.4 Å². The van der Waals surface area contributed by atoms with Gasteiger partial charge in [0.25, 0.3) is 0 Å². The highest BCUT2D eigenvalue weighted by atomic mass is 32.2. The molecule has 0 aliphatic heterocycles. The Hall–Kier alpha value is -3.59. The van der Waals surface area contributed by atoms with Crippen molar-refractivity contribution in [2.45, 2.75) is 11.9 Å². The van der Waals surface area contributed by atoms with E-state index in [1.54, 1.807) is 47.1 Å². The zero-order chi connectivity index (χ0) is 20.2. The summed E-state index contributed by atoms with van der Waals surface area (Å²) in [5.41, 5.74) is 2.40. The average Bonchev–Trinajstić information content (AvgIpc) is 3.16. The number of Topliss-reactive ketones (excluding diaryl/α,β-unsaturated/α-hetero) is 1. The first-order valence-corrected chi connectivity index (χ1v) is 9.76. The lowest BCUT2D eigenvalue weighted by atomic mass is 10.1. The van der Waals surface area contributed by atoms with Crippen LogP contribution in [0.1, 0.15) is 17.3 Å². The lowest BCUT2D eigenvalue weighted by Gasteiger charge is -2.06. The summed E-state index contributed by atoms with van der Waals surface area (Å²) in [7, 11) is 0. The predicted molar refractivity (Wildman–Crippen MR) is 110 cm³/mol. The van der Waals surface area contributed by atoms with Gasteiger partial charge in [-0.05, 0) is 43.3 Å². The van der Waals surface area contributed by atoms with Crippen LogP contribution in [0.25, 0.3) is 17.2 Å². The molecule has 0 bridgehead atoms. The van der Waals surface area contributed by atoms with Crippen molar-refractivity contribution in [3.05, 3.63) is 66.4 Å². The number of carbonyl (C=O) groups excluding carboxylic acids is 2. The zero-order valence-corrected chi connectivity index (χ0v) is 16.3. The van der Waals surface area contributed by atoms with Crippen LogP contribution in [0.4, 0.5) is 5.69 Å². The molecule has 8 nitrogen and oxygen atoms in total. The molecule has 0 unspecified atom stereocenters. The minimum Gasteiger partial charge on any atom is -0.325 e. The molecule has 144 valence electrons. The van der Waals surface area contributed by atoms with Crippen molar-refractivity contribution in [3.8, 4) is 11.5 Å². The molecule has 0 fully saturated rings. The molecule has 3 heterocycles. The van der Waals surface area contributed by atoms with Crippen molar-refractivity contribution in [2.24, 2.45) is 0 Å². The number of hydrogen-bond donors (Lipinski definition) is 1. The standard InChI is InChI=1S/C20H16N6O2S/c1-13(27)14-5-4-6-15(11-14)22-18(28)12-29-19-9-8-17-23-24-20(26(17)25-19)16-7-2-3-10-21-16/h2-11H,12H2,1H3,(H,22,28). The summed E-state index contributed by atoms with van der Waals surface area (Å²) in [5.74, 6) is 0.467. The maximum atomic E-state index is 12.3. The number of nitrogens with zero attached hydrogens (tertiary/aromatic N) is 5. The van der Waals surface area contributed by atoms with E-state index in [4.69, 9.17) is 0 Å². The van der Waals surface area contributed by atoms with Crippen molar-refractivity contribution in [2.75, 3.05) is 11.1 Å². The van der Waals surface area contributed by atoms with Crippen molar-refractivity contribution in [3.63, 3.8) is 0 Å². The summed E-state index contributed by atoms with van der Waals surface area (Å²) in [6.45, 7) is 1.49. The first kappa shape index (κ1) is 18.8. The fourth-order valence-electron chi connectivity index (χ4n) is 2.66. The van der Waals surface area contributed by atoms with E-state index in [9.17, 15) is 9.59 Å². The van der Waals surface area contributed by atoms with Gasteiger partial charge >= 0.3 is 0 Å². The molecular formula is C20H16N6O2S. The third kappa shape index (κ3) is 4.30. The average molecular weight is 404 g/mol. The number of benzene rings is 1. The van der Waals surface area contributed by atoms with Gasteiger partial charge in [0.15, 0.2) is 11.4 Å². The van der Waals surface area contributed by atoms with Gasteiger partial charge in [-0.15, -0.1) is 10.2 Å². The van der Waals surface area contributed by atoms with E-state index < -0.39 is 0 Å². The molecule has 3 aromatic heterocycles. The van der Waals surface area contributed by atoms with Crippen LogP contribution < -0.4 is 5.32 Å². The van der Waals surface area contributed by atoms with Gasteiger partial charge in [0.05, 0.1) is 5.75 Å². The molecule has 0 saturated carbocycles. The fraction of sp³-hybridized carbons (Fsp3) is 0.100. The van der Waals surface area contributed by atoms with Crippen LogP contribution in [0.15, 0.2) is 65.8 Å². The van der Waals surface area contributed by atoms with Gasteiger partial charge in [-0.2, -0.15) is 9.61 Å². The van der Waals surface area contributed by atoms with E-state index in [1.165, 1.54) is 18.7 Å². The van der Waals surface area contributed by atoms with E-state index in [2.05, 4.69) is 25.6 Å². The number of fused-ring (bicyclic) bond motifs is 1. The molecule has 0 spiro atoms. The number of anilines is 1. The normalized spacial score (nSPS) is 10.8. The molecule has 0 aliphatic carbocycles. The Morgan fingerprint density at radius 1 is 1.07 bits per heavy atom. The summed E-state index contributed by atoms with van der Waals surface area (Å²) in [6.07, 6.45) is 1.68. The Bertz CT molecular complexity index is 1190. The van der Waals surface area contributed by atoms with Crippen LogP contribution in [-0.4, -0.2) is 42.2 Å². The topological polar surface area (TPSA) is 102 Å². The summed E-state index contributed by atoms with van der Waals surface area (Å²) < 4.78 is 1.61. The molecule has 1 aromatic carbocycles. The molecule has 29 heavy (non-hydrogen) atoms. The van der Waals surface area contributed by atoms with E-state index in [1.807, 2.05) is 18.2 Å². The fourth-order valence-corrected chi connectivity index (χ4v) is 3.31. The van der Waals surface area contributed by atoms with Crippen molar-refractivity contribution < 1.29 is 9.59 Å². The Balaban J connectivity index is 1.46. The molecule has 4 aromatic rings. The van der Waals surface area contributed by atoms with Gasteiger partial charge in [-0.25, -0.2) is 0 Å². The Morgan fingerprint density at radius 3 is 2.76 bits per heavy atom. The van der Waals surface area contributed by atoms with Gasteiger partial charge in [-0.1, -0.05) is 30.0 Å². The second-order valence-corrected chi connectivity index (χ2v) is 7.15. The van der Waals surface area contributed by atoms with Crippen LogP contribution in [0.3, 0.4) is 0 Å². The highest BCUT2D eigenvalue weighted by molar-refractivity contribution is 7.99. The largest absolute Gasteiger partial charge is 0.325 e.